The van der Waals surface area contributed by atoms with Crippen LogP contribution < -0.4 is 5.14 Å². The van der Waals surface area contributed by atoms with Crippen molar-refractivity contribution in [3.63, 3.8) is 0 Å². The molecule has 1 unspecified atom stereocenters. The summed E-state index contributed by atoms with van der Waals surface area (Å²) >= 11 is 11.7. The summed E-state index contributed by atoms with van der Waals surface area (Å²) in [6.45, 7) is 1.91. The fourth-order valence-corrected chi connectivity index (χ4v) is 2.15. The van der Waals surface area contributed by atoms with Gasteiger partial charge in [0, 0.05) is 9.92 Å². The average Bonchev–Trinajstić information content (AvgIpc) is 1.96. The summed E-state index contributed by atoms with van der Waals surface area (Å²) in [6.07, 6.45) is 0. The molecule has 66 valence electrons. The van der Waals surface area contributed by atoms with E-state index in [1.54, 1.807) is 6.07 Å². The standard InChI is InChI=1S/C8H9Cl2NS/c1-5-3-8(12(2)11)7(10)4-6(5)9/h3-4H,2,11H2,1H3. The van der Waals surface area contributed by atoms with E-state index in [2.05, 4.69) is 5.87 Å². The predicted molar refractivity (Wildman–Crippen MR) is 58.4 cm³/mol. The average molecular weight is 222 g/mol. The Hall–Kier alpha value is -0.0200. The molecular weight excluding hydrogens is 213 g/mol. The van der Waals surface area contributed by atoms with E-state index in [0.717, 1.165) is 10.5 Å². The summed E-state index contributed by atoms with van der Waals surface area (Å²) in [5.41, 5.74) is 0.975. The largest absolute Gasteiger partial charge is 0.280 e. The summed E-state index contributed by atoms with van der Waals surface area (Å²) in [5.74, 6) is 3.72. The van der Waals surface area contributed by atoms with Gasteiger partial charge < -0.3 is 0 Å². The molecule has 4 heteroatoms. The second kappa shape index (κ2) is 3.79. The number of hydrogen-bond acceptors (Lipinski definition) is 1. The molecule has 12 heavy (non-hydrogen) atoms. The molecule has 1 nitrogen and oxygen atoms in total. The fourth-order valence-electron chi connectivity index (χ4n) is 0.832. The van der Waals surface area contributed by atoms with E-state index in [1.807, 2.05) is 13.0 Å². The van der Waals surface area contributed by atoms with Gasteiger partial charge >= 0.3 is 0 Å². The normalized spacial score (nSPS) is 13.0. The summed E-state index contributed by atoms with van der Waals surface area (Å²) < 4.78 is 0. The lowest BCUT2D eigenvalue weighted by molar-refractivity contribution is 1.36. The van der Waals surface area contributed by atoms with Crippen LogP contribution in [0.4, 0.5) is 0 Å². The van der Waals surface area contributed by atoms with Gasteiger partial charge in [0.15, 0.2) is 0 Å². The highest BCUT2D eigenvalue weighted by molar-refractivity contribution is 8.12. The summed E-state index contributed by atoms with van der Waals surface area (Å²) in [4.78, 5) is 0.860. The molecule has 0 bridgehead atoms. The molecule has 1 aromatic rings. The van der Waals surface area contributed by atoms with Crippen molar-refractivity contribution in [2.24, 2.45) is 5.14 Å². The van der Waals surface area contributed by atoms with Crippen LogP contribution in [0.25, 0.3) is 0 Å². The molecule has 0 amide bonds. The monoisotopic (exact) mass is 221 g/mol. The maximum absolute atomic E-state index is 5.90. The molecule has 0 aliphatic carbocycles. The van der Waals surface area contributed by atoms with Crippen LogP contribution in [-0.2, 0) is 0 Å². The maximum atomic E-state index is 5.90. The molecule has 0 fully saturated rings. The quantitative estimate of drug-likeness (QED) is 0.725. The topological polar surface area (TPSA) is 26.0 Å². The first kappa shape index (κ1) is 10.1. The molecule has 0 heterocycles. The number of rotatable bonds is 1. The Balaban J connectivity index is 3.33. The molecule has 0 saturated carbocycles. The van der Waals surface area contributed by atoms with Crippen LogP contribution in [0.15, 0.2) is 17.0 Å². The van der Waals surface area contributed by atoms with E-state index >= 15 is 0 Å². The lowest BCUT2D eigenvalue weighted by Gasteiger charge is -2.06. The minimum absolute atomic E-state index is 0.550. The van der Waals surface area contributed by atoms with Gasteiger partial charge in [-0.25, -0.2) is 0 Å². The van der Waals surface area contributed by atoms with Gasteiger partial charge in [-0.05, 0) is 24.6 Å². The van der Waals surface area contributed by atoms with Crippen molar-refractivity contribution in [1.29, 1.82) is 0 Å². The Morgan fingerprint density at radius 2 is 1.92 bits per heavy atom. The van der Waals surface area contributed by atoms with Gasteiger partial charge in [-0.2, -0.15) is 0 Å². The second-order valence-electron chi connectivity index (χ2n) is 2.46. The zero-order valence-corrected chi connectivity index (χ0v) is 8.93. The Kier molecular flexibility index (Phi) is 3.18. The van der Waals surface area contributed by atoms with Gasteiger partial charge in [0.25, 0.3) is 0 Å². The molecule has 0 radical (unpaired) electrons. The van der Waals surface area contributed by atoms with Crippen LogP contribution in [-0.4, -0.2) is 5.87 Å². The van der Waals surface area contributed by atoms with Crippen LogP contribution >= 0.6 is 33.9 Å². The Morgan fingerprint density at radius 3 is 2.42 bits per heavy atom. The molecule has 0 saturated heterocycles. The number of hydrogen-bond donors (Lipinski definition) is 1. The number of nitrogens with two attached hydrogens (primary N) is 1. The third-order valence-electron chi connectivity index (χ3n) is 1.50. The van der Waals surface area contributed by atoms with E-state index in [0.29, 0.717) is 10.0 Å². The van der Waals surface area contributed by atoms with Crippen molar-refractivity contribution in [2.45, 2.75) is 11.8 Å². The lowest BCUT2D eigenvalue weighted by atomic mass is 10.2. The second-order valence-corrected chi connectivity index (χ2v) is 4.57. The van der Waals surface area contributed by atoms with Crippen molar-refractivity contribution < 1.29 is 0 Å². The van der Waals surface area contributed by atoms with Crippen molar-refractivity contribution in [2.75, 3.05) is 0 Å². The molecule has 1 aromatic carbocycles. The lowest BCUT2D eigenvalue weighted by Crippen LogP contribution is -1.88. The third kappa shape index (κ3) is 2.02. The number of benzene rings is 1. The minimum atomic E-state index is -0.550. The van der Waals surface area contributed by atoms with Crippen LogP contribution in [0.1, 0.15) is 5.56 Å². The first-order valence-electron chi connectivity index (χ1n) is 3.26. The van der Waals surface area contributed by atoms with Gasteiger partial charge in [0.05, 0.1) is 5.02 Å². The van der Waals surface area contributed by atoms with Gasteiger partial charge in [-0.3, -0.25) is 5.14 Å². The Morgan fingerprint density at radius 1 is 1.33 bits per heavy atom. The van der Waals surface area contributed by atoms with Crippen LogP contribution in [0.2, 0.25) is 10.0 Å². The molecule has 0 aromatic heterocycles. The van der Waals surface area contributed by atoms with Crippen molar-refractivity contribution in [1.82, 2.24) is 0 Å². The summed E-state index contributed by atoms with van der Waals surface area (Å²) in [5, 5.41) is 6.87. The number of halogens is 2. The first-order valence-corrected chi connectivity index (χ1v) is 5.47. The Labute approximate surface area is 84.5 Å². The highest BCUT2D eigenvalue weighted by Crippen LogP contribution is 2.31. The third-order valence-corrected chi connectivity index (χ3v) is 3.23. The van der Waals surface area contributed by atoms with Crippen LogP contribution in [0.5, 0.6) is 0 Å². The molecule has 0 spiro atoms. The van der Waals surface area contributed by atoms with Gasteiger partial charge in [-0.1, -0.05) is 39.7 Å². The number of aryl methyl sites for hydroxylation is 1. The molecular formula is C8H9Cl2NS. The zero-order chi connectivity index (χ0) is 9.30. The Bertz CT molecular complexity index is 336. The fraction of sp³-hybridized carbons (Fsp3) is 0.125. The van der Waals surface area contributed by atoms with E-state index < -0.39 is 10.7 Å². The predicted octanol–water partition coefficient (Wildman–Crippen LogP) is 3.24. The van der Waals surface area contributed by atoms with Crippen LogP contribution in [0.3, 0.4) is 0 Å². The van der Waals surface area contributed by atoms with Crippen molar-refractivity contribution >= 4 is 39.7 Å². The van der Waals surface area contributed by atoms with E-state index in [4.69, 9.17) is 28.3 Å². The zero-order valence-electron chi connectivity index (χ0n) is 6.60. The van der Waals surface area contributed by atoms with Crippen molar-refractivity contribution in [3.8, 4) is 0 Å². The SMILES string of the molecule is C=S(N)c1cc(C)c(Cl)cc1Cl. The molecule has 0 aliphatic rings. The van der Waals surface area contributed by atoms with Gasteiger partial charge in [0.2, 0.25) is 0 Å². The first-order chi connectivity index (χ1) is 5.52. The highest BCUT2D eigenvalue weighted by atomic mass is 35.5. The van der Waals surface area contributed by atoms with Crippen molar-refractivity contribution in [3.05, 3.63) is 27.7 Å². The molecule has 1 atom stereocenters. The maximum Gasteiger partial charge on any atom is 0.0564 e. The molecule has 2 N–H and O–H groups in total. The van der Waals surface area contributed by atoms with Gasteiger partial charge in [0.1, 0.15) is 0 Å². The van der Waals surface area contributed by atoms with E-state index in [-0.39, 0.29) is 0 Å². The minimum Gasteiger partial charge on any atom is -0.280 e. The summed E-state index contributed by atoms with van der Waals surface area (Å²) in [7, 11) is -0.550. The van der Waals surface area contributed by atoms with E-state index in [9.17, 15) is 0 Å². The van der Waals surface area contributed by atoms with Gasteiger partial charge in [-0.15, -0.1) is 0 Å². The summed E-state index contributed by atoms with van der Waals surface area (Å²) in [6, 6.07) is 3.58. The molecule has 0 aliphatic heterocycles. The smallest absolute Gasteiger partial charge is 0.0564 e. The molecule has 1 rings (SSSR count). The highest BCUT2D eigenvalue weighted by Gasteiger charge is 2.04. The van der Waals surface area contributed by atoms with E-state index in [1.165, 1.54) is 0 Å². The van der Waals surface area contributed by atoms with Crippen LogP contribution in [0, 0.1) is 6.92 Å².